The molecule has 0 bridgehead atoms. The monoisotopic (exact) mass is 376 g/mol. The number of carbonyl (C=O) groups excluding carboxylic acids is 1. The van der Waals surface area contributed by atoms with Gasteiger partial charge in [0.15, 0.2) is 5.58 Å². The molecule has 1 amide bonds. The molecule has 7 nitrogen and oxygen atoms in total. The molecule has 1 aliphatic heterocycles. The molecule has 1 fully saturated rings. The highest BCUT2D eigenvalue weighted by atomic mass is 35.5. The molecule has 1 saturated heterocycles. The van der Waals surface area contributed by atoms with Crippen molar-refractivity contribution in [3.05, 3.63) is 18.2 Å². The van der Waals surface area contributed by atoms with Gasteiger partial charge in [-0.25, -0.2) is 0 Å². The summed E-state index contributed by atoms with van der Waals surface area (Å²) in [6, 6.07) is 6.06. The lowest BCUT2D eigenvalue weighted by atomic mass is 10.2. The molecule has 1 aromatic heterocycles. The van der Waals surface area contributed by atoms with Gasteiger partial charge in [-0.05, 0) is 18.2 Å². The molecule has 1 atom stereocenters. The number of benzene rings is 1. The van der Waals surface area contributed by atoms with Gasteiger partial charge in [0.1, 0.15) is 5.52 Å². The van der Waals surface area contributed by atoms with E-state index >= 15 is 0 Å². The number of anilines is 2. The first-order valence-electron chi connectivity index (χ1n) is 7.31. The molecule has 3 rings (SSSR count). The van der Waals surface area contributed by atoms with Gasteiger partial charge in [-0.15, -0.1) is 24.8 Å². The number of carbonyl (C=O) groups is 1. The summed E-state index contributed by atoms with van der Waals surface area (Å²) < 4.78 is 10.9. The van der Waals surface area contributed by atoms with E-state index < -0.39 is 0 Å². The average Bonchev–Trinajstić information content (AvgIpc) is 2.91. The number of nitrogens with zero attached hydrogens (tertiary/aromatic N) is 2. The summed E-state index contributed by atoms with van der Waals surface area (Å²) in [6.07, 6.45) is 0.389. The Labute approximate surface area is 152 Å². The van der Waals surface area contributed by atoms with E-state index in [9.17, 15) is 4.79 Å². The van der Waals surface area contributed by atoms with Crippen molar-refractivity contribution >= 4 is 53.5 Å². The van der Waals surface area contributed by atoms with Crippen molar-refractivity contribution in [3.63, 3.8) is 0 Å². The highest BCUT2D eigenvalue weighted by Crippen LogP contribution is 2.23. The van der Waals surface area contributed by atoms with Crippen molar-refractivity contribution in [1.82, 2.24) is 10.3 Å². The standard InChI is InChI=1S/C15H20N4O3.2ClH/c1-19(2)15-18-12-7-10(3-4-13(12)22-15)17-14(20)8-11-9-21-6-5-16-11;;/h3-4,7,11,16H,5-6,8-9H2,1-2H3,(H,17,20);2*1H. The number of ether oxygens (including phenoxy) is 1. The Morgan fingerprint density at radius 3 is 2.88 bits per heavy atom. The van der Waals surface area contributed by atoms with Gasteiger partial charge in [-0.2, -0.15) is 4.98 Å². The average molecular weight is 377 g/mol. The van der Waals surface area contributed by atoms with Crippen LogP contribution < -0.4 is 15.5 Å². The van der Waals surface area contributed by atoms with Crippen LogP contribution in [0, 0.1) is 0 Å². The van der Waals surface area contributed by atoms with Crippen LogP contribution in [0.4, 0.5) is 11.7 Å². The number of nitrogens with one attached hydrogen (secondary N) is 2. The lowest BCUT2D eigenvalue weighted by Gasteiger charge is -2.23. The van der Waals surface area contributed by atoms with Crippen LogP contribution in [0.1, 0.15) is 6.42 Å². The minimum atomic E-state index is -0.0429. The summed E-state index contributed by atoms with van der Waals surface area (Å²) in [6.45, 7) is 2.06. The quantitative estimate of drug-likeness (QED) is 0.849. The molecule has 2 aromatic rings. The van der Waals surface area contributed by atoms with E-state index in [-0.39, 0.29) is 36.8 Å². The van der Waals surface area contributed by atoms with E-state index in [2.05, 4.69) is 15.6 Å². The molecule has 1 aliphatic rings. The minimum Gasteiger partial charge on any atom is -0.423 e. The molecule has 0 saturated carbocycles. The zero-order chi connectivity index (χ0) is 15.5. The second-order valence-electron chi connectivity index (χ2n) is 5.55. The van der Waals surface area contributed by atoms with E-state index in [4.69, 9.17) is 9.15 Å². The summed E-state index contributed by atoms with van der Waals surface area (Å²) in [5, 5.41) is 6.15. The van der Waals surface area contributed by atoms with Crippen molar-refractivity contribution < 1.29 is 13.9 Å². The number of amides is 1. The predicted octanol–water partition coefficient (Wildman–Crippen LogP) is 2.05. The van der Waals surface area contributed by atoms with Gasteiger partial charge in [-0.3, -0.25) is 4.79 Å². The van der Waals surface area contributed by atoms with Gasteiger partial charge < -0.3 is 24.7 Å². The fraction of sp³-hybridized carbons (Fsp3) is 0.467. The van der Waals surface area contributed by atoms with Crippen LogP contribution in [-0.4, -0.2) is 50.8 Å². The van der Waals surface area contributed by atoms with Gasteiger partial charge >= 0.3 is 0 Å². The van der Waals surface area contributed by atoms with Crippen LogP contribution in [0.15, 0.2) is 22.6 Å². The van der Waals surface area contributed by atoms with Crippen LogP contribution in [0.2, 0.25) is 0 Å². The lowest BCUT2D eigenvalue weighted by Crippen LogP contribution is -2.43. The van der Waals surface area contributed by atoms with E-state index in [1.54, 1.807) is 4.90 Å². The maximum absolute atomic E-state index is 12.1. The maximum Gasteiger partial charge on any atom is 0.297 e. The number of fused-ring (bicyclic) bond motifs is 1. The van der Waals surface area contributed by atoms with Crippen molar-refractivity contribution in [2.75, 3.05) is 44.1 Å². The van der Waals surface area contributed by atoms with Gasteiger partial charge in [0.2, 0.25) is 5.91 Å². The Morgan fingerprint density at radius 1 is 1.42 bits per heavy atom. The molecule has 1 unspecified atom stereocenters. The molecule has 0 radical (unpaired) electrons. The Balaban J connectivity index is 0.00000144. The van der Waals surface area contributed by atoms with Gasteiger partial charge in [0.05, 0.1) is 13.2 Å². The van der Waals surface area contributed by atoms with Crippen molar-refractivity contribution in [2.45, 2.75) is 12.5 Å². The number of halogens is 2. The van der Waals surface area contributed by atoms with E-state index in [1.807, 2.05) is 32.3 Å². The number of hydrogen-bond donors (Lipinski definition) is 2. The van der Waals surface area contributed by atoms with Gasteiger partial charge in [0.25, 0.3) is 6.01 Å². The SMILES string of the molecule is CN(C)c1nc2cc(NC(=O)CC3COCCN3)ccc2o1.Cl.Cl. The molecular formula is C15H22Cl2N4O3. The second kappa shape index (κ2) is 9.08. The van der Waals surface area contributed by atoms with Crippen molar-refractivity contribution in [3.8, 4) is 0 Å². The highest BCUT2D eigenvalue weighted by molar-refractivity contribution is 5.93. The molecule has 0 aliphatic carbocycles. The Kier molecular flexibility index (Phi) is 7.75. The maximum atomic E-state index is 12.1. The third-order valence-corrected chi connectivity index (χ3v) is 3.47. The first-order chi connectivity index (χ1) is 10.6. The molecule has 1 aromatic carbocycles. The normalized spacial score (nSPS) is 16.8. The zero-order valence-corrected chi connectivity index (χ0v) is 15.2. The van der Waals surface area contributed by atoms with E-state index in [0.29, 0.717) is 36.9 Å². The highest BCUT2D eigenvalue weighted by Gasteiger charge is 2.17. The third kappa shape index (κ3) is 4.98. The summed E-state index contributed by atoms with van der Waals surface area (Å²) in [5.74, 6) is -0.0429. The summed E-state index contributed by atoms with van der Waals surface area (Å²) in [4.78, 5) is 18.2. The fourth-order valence-corrected chi connectivity index (χ4v) is 2.37. The molecule has 2 N–H and O–H groups in total. The Hall–Kier alpha value is -1.54. The van der Waals surface area contributed by atoms with Crippen LogP contribution >= 0.6 is 24.8 Å². The third-order valence-electron chi connectivity index (χ3n) is 3.47. The number of hydrogen-bond acceptors (Lipinski definition) is 6. The first-order valence-corrected chi connectivity index (χ1v) is 7.31. The van der Waals surface area contributed by atoms with Crippen LogP contribution in [0.3, 0.4) is 0 Å². The first kappa shape index (κ1) is 20.5. The Bertz CT molecular complexity index is 672. The summed E-state index contributed by atoms with van der Waals surface area (Å²) in [7, 11) is 3.74. The zero-order valence-electron chi connectivity index (χ0n) is 13.6. The Morgan fingerprint density at radius 2 is 2.21 bits per heavy atom. The molecule has 9 heteroatoms. The van der Waals surface area contributed by atoms with Gasteiger partial charge in [0, 0.05) is 38.8 Å². The molecule has 0 spiro atoms. The van der Waals surface area contributed by atoms with Gasteiger partial charge in [-0.1, -0.05) is 0 Å². The van der Waals surface area contributed by atoms with Crippen molar-refractivity contribution in [2.24, 2.45) is 0 Å². The van der Waals surface area contributed by atoms with E-state index in [1.165, 1.54) is 0 Å². The molecule has 24 heavy (non-hydrogen) atoms. The predicted molar refractivity (Wildman–Crippen MR) is 98.7 cm³/mol. The second-order valence-corrected chi connectivity index (χ2v) is 5.55. The largest absolute Gasteiger partial charge is 0.423 e. The number of oxazole rings is 1. The molecule has 134 valence electrons. The van der Waals surface area contributed by atoms with Crippen molar-refractivity contribution in [1.29, 1.82) is 0 Å². The smallest absolute Gasteiger partial charge is 0.297 e. The lowest BCUT2D eigenvalue weighted by molar-refractivity contribution is -0.117. The number of aromatic nitrogens is 1. The summed E-state index contributed by atoms with van der Waals surface area (Å²) >= 11 is 0. The molecule has 2 heterocycles. The minimum absolute atomic E-state index is 0. The van der Waals surface area contributed by atoms with Crippen LogP contribution in [0.5, 0.6) is 0 Å². The topological polar surface area (TPSA) is 79.6 Å². The molecular weight excluding hydrogens is 355 g/mol. The number of rotatable bonds is 4. The van der Waals surface area contributed by atoms with Crippen LogP contribution in [-0.2, 0) is 9.53 Å². The number of morpholine rings is 1. The summed E-state index contributed by atoms with van der Waals surface area (Å²) in [5.41, 5.74) is 2.14. The van der Waals surface area contributed by atoms with E-state index in [0.717, 1.165) is 12.1 Å². The fourth-order valence-electron chi connectivity index (χ4n) is 2.37. The van der Waals surface area contributed by atoms with Crippen LogP contribution in [0.25, 0.3) is 11.1 Å².